The third-order valence-electron chi connectivity index (χ3n) is 3.11. The molecule has 2 N–H and O–H groups in total. The molecule has 1 aromatic carbocycles. The van der Waals surface area contributed by atoms with Gasteiger partial charge in [0.2, 0.25) is 0 Å². The first-order valence-electron chi connectivity index (χ1n) is 6.23. The number of nitrogens with two attached hydrogens (primary N) is 1. The predicted octanol–water partition coefficient (Wildman–Crippen LogP) is 1.94. The molecule has 4 nitrogen and oxygen atoms in total. The van der Waals surface area contributed by atoms with E-state index in [0.29, 0.717) is 13.1 Å². The van der Waals surface area contributed by atoms with Gasteiger partial charge in [0, 0.05) is 25.2 Å². The zero-order valence-corrected chi connectivity index (χ0v) is 10.5. The Kier molecular flexibility index (Phi) is 4.19. The number of likely N-dealkylation sites (tertiary alicyclic amines) is 1. The van der Waals surface area contributed by atoms with Crippen molar-refractivity contribution in [1.82, 2.24) is 4.90 Å². The van der Waals surface area contributed by atoms with Crippen LogP contribution in [0.15, 0.2) is 12.1 Å². The number of benzene rings is 1. The van der Waals surface area contributed by atoms with Crippen molar-refractivity contribution in [3.05, 3.63) is 23.8 Å². The van der Waals surface area contributed by atoms with Crippen molar-refractivity contribution in [3.8, 4) is 5.75 Å². The van der Waals surface area contributed by atoms with Crippen LogP contribution in [0.3, 0.4) is 0 Å². The van der Waals surface area contributed by atoms with Gasteiger partial charge < -0.3 is 15.4 Å². The molecule has 0 unspecified atom stereocenters. The smallest absolute Gasteiger partial charge is 0.260 e. The summed E-state index contributed by atoms with van der Waals surface area (Å²) in [7, 11) is 0. The molecule has 0 saturated carbocycles. The van der Waals surface area contributed by atoms with E-state index in [1.54, 1.807) is 4.90 Å². The first-order valence-corrected chi connectivity index (χ1v) is 6.23. The molecular weight excluding hydrogens is 254 g/mol. The van der Waals surface area contributed by atoms with Gasteiger partial charge in [-0.2, -0.15) is 0 Å². The molecule has 1 aromatic rings. The zero-order valence-electron chi connectivity index (χ0n) is 10.5. The van der Waals surface area contributed by atoms with E-state index < -0.39 is 11.6 Å². The summed E-state index contributed by atoms with van der Waals surface area (Å²) in [6.07, 6.45) is 3.05. The average molecular weight is 270 g/mol. The molecule has 104 valence electrons. The number of carbonyl (C=O) groups excluding carboxylic acids is 1. The summed E-state index contributed by atoms with van der Waals surface area (Å²) in [6, 6.07) is 1.70. The number of halogens is 2. The highest BCUT2D eigenvalue weighted by atomic mass is 19.1. The maximum atomic E-state index is 13.4. The lowest BCUT2D eigenvalue weighted by molar-refractivity contribution is -0.134. The van der Waals surface area contributed by atoms with Crippen LogP contribution in [0.25, 0.3) is 0 Å². The van der Waals surface area contributed by atoms with Crippen molar-refractivity contribution in [3.63, 3.8) is 0 Å². The molecule has 1 heterocycles. The Morgan fingerprint density at radius 3 is 2.58 bits per heavy atom. The van der Waals surface area contributed by atoms with Gasteiger partial charge in [0.05, 0.1) is 5.69 Å². The topological polar surface area (TPSA) is 55.6 Å². The monoisotopic (exact) mass is 270 g/mol. The van der Waals surface area contributed by atoms with Gasteiger partial charge in [0.25, 0.3) is 5.91 Å². The Labute approximate surface area is 110 Å². The van der Waals surface area contributed by atoms with Gasteiger partial charge in [0.15, 0.2) is 18.2 Å². The Balaban J connectivity index is 1.94. The largest absolute Gasteiger partial charge is 0.481 e. The standard InChI is InChI=1S/C13H16F2N2O2/c14-9-7-12(10(15)6-11(9)16)19-8-13(18)17-4-2-1-3-5-17/h6-7H,1-5,8,16H2. The Hall–Kier alpha value is -1.85. The summed E-state index contributed by atoms with van der Waals surface area (Å²) < 4.78 is 31.6. The summed E-state index contributed by atoms with van der Waals surface area (Å²) in [5.74, 6) is -2.04. The molecule has 0 aromatic heterocycles. The quantitative estimate of drug-likeness (QED) is 0.854. The molecule has 19 heavy (non-hydrogen) atoms. The number of hydrogen-bond donors (Lipinski definition) is 1. The Bertz CT molecular complexity index is 474. The van der Waals surface area contributed by atoms with Gasteiger partial charge in [-0.05, 0) is 19.3 Å². The lowest BCUT2D eigenvalue weighted by atomic mass is 10.1. The van der Waals surface area contributed by atoms with Crippen LogP contribution in [0.5, 0.6) is 5.75 Å². The number of amides is 1. The van der Waals surface area contributed by atoms with Crippen LogP contribution >= 0.6 is 0 Å². The molecule has 1 saturated heterocycles. The predicted molar refractivity (Wildman–Crippen MR) is 66.7 cm³/mol. The summed E-state index contributed by atoms with van der Waals surface area (Å²) in [6.45, 7) is 1.10. The lowest BCUT2D eigenvalue weighted by Crippen LogP contribution is -2.38. The molecule has 1 fully saturated rings. The van der Waals surface area contributed by atoms with Gasteiger partial charge in [-0.3, -0.25) is 4.79 Å². The van der Waals surface area contributed by atoms with Crippen LogP contribution in [-0.2, 0) is 4.79 Å². The van der Waals surface area contributed by atoms with Gasteiger partial charge in [-0.1, -0.05) is 0 Å². The van der Waals surface area contributed by atoms with E-state index >= 15 is 0 Å². The Morgan fingerprint density at radius 2 is 1.89 bits per heavy atom. The fraction of sp³-hybridized carbons (Fsp3) is 0.462. The molecule has 1 aliphatic rings. The van der Waals surface area contributed by atoms with Gasteiger partial charge in [-0.25, -0.2) is 8.78 Å². The normalized spacial score (nSPS) is 15.4. The minimum atomic E-state index is -0.773. The second-order valence-corrected chi connectivity index (χ2v) is 4.53. The highest BCUT2D eigenvalue weighted by Gasteiger charge is 2.18. The minimum Gasteiger partial charge on any atom is -0.481 e. The number of ether oxygens (including phenoxy) is 1. The maximum Gasteiger partial charge on any atom is 0.260 e. The highest BCUT2D eigenvalue weighted by molar-refractivity contribution is 5.77. The van der Waals surface area contributed by atoms with E-state index in [2.05, 4.69) is 0 Å². The zero-order chi connectivity index (χ0) is 13.8. The van der Waals surface area contributed by atoms with E-state index in [1.165, 1.54) is 0 Å². The van der Waals surface area contributed by atoms with E-state index in [0.717, 1.165) is 31.4 Å². The SMILES string of the molecule is Nc1cc(F)c(OCC(=O)N2CCCCC2)cc1F. The molecule has 6 heteroatoms. The molecule has 0 bridgehead atoms. The number of nitrogen functional groups attached to an aromatic ring is 1. The first-order chi connectivity index (χ1) is 9.08. The first kappa shape index (κ1) is 13.6. The number of rotatable bonds is 3. The molecule has 0 aliphatic carbocycles. The molecule has 1 amide bonds. The second-order valence-electron chi connectivity index (χ2n) is 4.53. The lowest BCUT2D eigenvalue weighted by Gasteiger charge is -2.26. The number of carbonyl (C=O) groups is 1. The fourth-order valence-corrected chi connectivity index (χ4v) is 2.03. The summed E-state index contributed by atoms with van der Waals surface area (Å²) >= 11 is 0. The highest BCUT2D eigenvalue weighted by Crippen LogP contribution is 2.23. The number of piperidine rings is 1. The number of anilines is 1. The van der Waals surface area contributed by atoms with Crippen molar-refractivity contribution in [2.45, 2.75) is 19.3 Å². The fourth-order valence-electron chi connectivity index (χ4n) is 2.03. The summed E-state index contributed by atoms with van der Waals surface area (Å²) in [5.41, 5.74) is 4.93. The van der Waals surface area contributed by atoms with Crippen LogP contribution in [0.1, 0.15) is 19.3 Å². The molecule has 1 aliphatic heterocycles. The van der Waals surface area contributed by atoms with Gasteiger partial charge in [-0.15, -0.1) is 0 Å². The van der Waals surface area contributed by atoms with Gasteiger partial charge >= 0.3 is 0 Å². The molecule has 2 rings (SSSR count). The van der Waals surface area contributed by atoms with Crippen molar-refractivity contribution in [1.29, 1.82) is 0 Å². The summed E-state index contributed by atoms with van der Waals surface area (Å²) in [5, 5.41) is 0. The van der Waals surface area contributed by atoms with Gasteiger partial charge in [0.1, 0.15) is 5.82 Å². The van der Waals surface area contributed by atoms with E-state index in [1.807, 2.05) is 0 Å². The maximum absolute atomic E-state index is 13.4. The van der Waals surface area contributed by atoms with Crippen LogP contribution in [0, 0.1) is 11.6 Å². The minimum absolute atomic E-state index is 0.212. The van der Waals surface area contributed by atoms with Crippen molar-refractivity contribution in [2.75, 3.05) is 25.4 Å². The molecule has 0 radical (unpaired) electrons. The van der Waals surface area contributed by atoms with Crippen LogP contribution in [0.2, 0.25) is 0 Å². The molecule has 0 atom stereocenters. The van der Waals surface area contributed by atoms with Crippen LogP contribution in [-0.4, -0.2) is 30.5 Å². The second kappa shape index (κ2) is 5.86. The van der Waals surface area contributed by atoms with Crippen molar-refractivity contribution < 1.29 is 18.3 Å². The summed E-state index contributed by atoms with van der Waals surface area (Å²) in [4.78, 5) is 13.5. The number of nitrogens with zero attached hydrogens (tertiary/aromatic N) is 1. The van der Waals surface area contributed by atoms with E-state index in [-0.39, 0.29) is 24.0 Å². The van der Waals surface area contributed by atoms with Crippen LogP contribution in [0.4, 0.5) is 14.5 Å². The van der Waals surface area contributed by atoms with Crippen molar-refractivity contribution >= 4 is 11.6 Å². The van der Waals surface area contributed by atoms with Crippen molar-refractivity contribution in [2.24, 2.45) is 0 Å². The van der Waals surface area contributed by atoms with E-state index in [9.17, 15) is 13.6 Å². The molecule has 0 spiro atoms. The number of hydrogen-bond acceptors (Lipinski definition) is 3. The third kappa shape index (κ3) is 3.33. The third-order valence-corrected chi connectivity index (χ3v) is 3.11. The van der Waals surface area contributed by atoms with Crippen LogP contribution < -0.4 is 10.5 Å². The average Bonchev–Trinajstić information content (AvgIpc) is 2.42. The Morgan fingerprint density at radius 1 is 1.21 bits per heavy atom. The molecular formula is C13H16F2N2O2. The van der Waals surface area contributed by atoms with E-state index in [4.69, 9.17) is 10.5 Å².